The molecule has 1 atom stereocenters. The predicted molar refractivity (Wildman–Crippen MR) is 186 cm³/mol. The molecule has 0 aliphatic heterocycles. The smallest absolute Gasteiger partial charge is 0.306 e. The third-order valence-electron chi connectivity index (χ3n) is 9.07. The first-order valence-corrected chi connectivity index (χ1v) is 19.5. The lowest BCUT2D eigenvalue weighted by atomic mass is 10.0. The molecule has 0 aromatic heterocycles. The molecule has 4 nitrogen and oxygen atoms in total. The van der Waals surface area contributed by atoms with E-state index < -0.39 is 5.97 Å². The summed E-state index contributed by atoms with van der Waals surface area (Å²) in [5, 5.41) is 8.64. The molecule has 0 radical (unpaired) electrons. The van der Waals surface area contributed by atoms with Crippen molar-refractivity contribution >= 4 is 11.9 Å². The second kappa shape index (κ2) is 35.4. The fourth-order valence-corrected chi connectivity index (χ4v) is 6.17. The predicted octanol–water partition coefficient (Wildman–Crippen LogP) is 13.3. The zero-order valence-electron chi connectivity index (χ0n) is 29.3. The van der Waals surface area contributed by atoms with E-state index in [2.05, 4.69) is 13.8 Å². The maximum Gasteiger partial charge on any atom is 0.306 e. The summed E-state index contributed by atoms with van der Waals surface area (Å²) in [5.41, 5.74) is 0. The first-order valence-electron chi connectivity index (χ1n) is 19.5. The van der Waals surface area contributed by atoms with Crippen LogP contribution in [-0.4, -0.2) is 23.1 Å². The number of ether oxygens (including phenoxy) is 1. The second-order valence-corrected chi connectivity index (χ2v) is 13.6. The van der Waals surface area contributed by atoms with Gasteiger partial charge in [0.2, 0.25) is 0 Å². The van der Waals surface area contributed by atoms with Gasteiger partial charge in [-0.2, -0.15) is 0 Å². The monoisotopic (exact) mass is 609 g/mol. The third kappa shape index (κ3) is 37.0. The van der Waals surface area contributed by atoms with Crippen molar-refractivity contribution in [2.24, 2.45) is 0 Å². The Kier molecular flexibility index (Phi) is 34.5. The van der Waals surface area contributed by atoms with Crippen LogP contribution in [-0.2, 0) is 14.3 Å². The van der Waals surface area contributed by atoms with Gasteiger partial charge in [0.05, 0.1) is 6.10 Å². The minimum Gasteiger partial charge on any atom is -0.481 e. The minimum absolute atomic E-state index is 0.0119. The highest BCUT2D eigenvalue weighted by atomic mass is 16.5. The summed E-state index contributed by atoms with van der Waals surface area (Å²) in [7, 11) is 0. The number of aliphatic carboxylic acids is 1. The lowest BCUT2D eigenvalue weighted by Gasteiger charge is -2.13. The van der Waals surface area contributed by atoms with Crippen LogP contribution in [0.5, 0.6) is 0 Å². The van der Waals surface area contributed by atoms with E-state index in [9.17, 15) is 9.59 Å². The maximum atomic E-state index is 12.1. The molecule has 0 aromatic rings. The molecule has 0 aromatic carbocycles. The zero-order chi connectivity index (χ0) is 31.5. The van der Waals surface area contributed by atoms with Crippen LogP contribution >= 0.6 is 0 Å². The van der Waals surface area contributed by atoms with Crippen molar-refractivity contribution in [2.45, 2.75) is 238 Å². The lowest BCUT2D eigenvalue weighted by Crippen LogP contribution is -2.14. The van der Waals surface area contributed by atoms with Crippen molar-refractivity contribution in [3.8, 4) is 0 Å². The van der Waals surface area contributed by atoms with Crippen molar-refractivity contribution in [1.82, 2.24) is 0 Å². The number of rotatable bonds is 36. The van der Waals surface area contributed by atoms with Crippen LogP contribution in [0.4, 0.5) is 0 Å². The van der Waals surface area contributed by atoms with Crippen LogP contribution in [0.25, 0.3) is 0 Å². The first-order chi connectivity index (χ1) is 21.1. The summed E-state index contributed by atoms with van der Waals surface area (Å²) < 4.78 is 5.64. The Balaban J connectivity index is 3.25. The molecule has 0 spiro atoms. The number of hydrogen-bond acceptors (Lipinski definition) is 3. The van der Waals surface area contributed by atoms with E-state index in [0.29, 0.717) is 12.8 Å². The van der Waals surface area contributed by atoms with Gasteiger partial charge >= 0.3 is 11.9 Å². The standard InChI is InChI=1S/C39H76O4/c1-3-4-5-6-7-8-9-21-24-27-30-33-36-39(42)43-37(2)34-31-28-25-22-19-17-15-13-11-10-12-14-16-18-20-23-26-29-32-35-38(40)41/h37H,3-36H2,1-2H3,(H,40,41). The van der Waals surface area contributed by atoms with Crippen molar-refractivity contribution < 1.29 is 19.4 Å². The van der Waals surface area contributed by atoms with Crippen LogP contribution in [0, 0.1) is 0 Å². The van der Waals surface area contributed by atoms with E-state index in [1.807, 2.05) is 0 Å². The van der Waals surface area contributed by atoms with Crippen molar-refractivity contribution in [3.63, 3.8) is 0 Å². The van der Waals surface area contributed by atoms with E-state index in [1.165, 1.54) is 180 Å². The molecule has 0 bridgehead atoms. The summed E-state index contributed by atoms with van der Waals surface area (Å²) in [5.74, 6) is -0.647. The minimum atomic E-state index is -0.659. The van der Waals surface area contributed by atoms with E-state index in [1.54, 1.807) is 0 Å². The molecule has 0 saturated heterocycles. The molecule has 43 heavy (non-hydrogen) atoms. The molecule has 0 amide bonds. The molecule has 0 aliphatic rings. The number of carbonyl (C=O) groups excluding carboxylic acids is 1. The third-order valence-corrected chi connectivity index (χ3v) is 9.07. The van der Waals surface area contributed by atoms with Crippen molar-refractivity contribution in [1.29, 1.82) is 0 Å². The normalized spacial score (nSPS) is 12.0. The molecular formula is C39H76O4. The molecule has 1 unspecified atom stereocenters. The molecular weight excluding hydrogens is 532 g/mol. The summed E-state index contributed by atoms with van der Waals surface area (Å²) >= 11 is 0. The van der Waals surface area contributed by atoms with Gasteiger partial charge in [0.15, 0.2) is 0 Å². The van der Waals surface area contributed by atoms with Crippen LogP contribution < -0.4 is 0 Å². The lowest BCUT2D eigenvalue weighted by molar-refractivity contribution is -0.148. The van der Waals surface area contributed by atoms with E-state index in [-0.39, 0.29) is 12.1 Å². The quantitative estimate of drug-likeness (QED) is 0.0567. The summed E-state index contributed by atoms with van der Waals surface area (Å²) in [6.45, 7) is 4.34. The van der Waals surface area contributed by atoms with Gasteiger partial charge in [-0.15, -0.1) is 0 Å². The maximum absolute atomic E-state index is 12.1. The average Bonchev–Trinajstić information content (AvgIpc) is 2.98. The van der Waals surface area contributed by atoms with Crippen LogP contribution in [0.3, 0.4) is 0 Å². The highest BCUT2D eigenvalue weighted by Crippen LogP contribution is 2.17. The van der Waals surface area contributed by atoms with Gasteiger partial charge in [-0.3, -0.25) is 9.59 Å². The van der Waals surface area contributed by atoms with Gasteiger partial charge in [0, 0.05) is 12.8 Å². The fraction of sp³-hybridized carbons (Fsp3) is 0.949. The molecule has 0 saturated carbocycles. The Hall–Kier alpha value is -1.06. The van der Waals surface area contributed by atoms with Crippen molar-refractivity contribution in [3.05, 3.63) is 0 Å². The highest BCUT2D eigenvalue weighted by Gasteiger charge is 2.09. The fourth-order valence-electron chi connectivity index (χ4n) is 6.17. The molecule has 0 aliphatic carbocycles. The van der Waals surface area contributed by atoms with Gasteiger partial charge in [0.25, 0.3) is 0 Å². The van der Waals surface area contributed by atoms with Gasteiger partial charge in [0.1, 0.15) is 0 Å². The zero-order valence-corrected chi connectivity index (χ0v) is 29.3. The Bertz CT molecular complexity index is 576. The first kappa shape index (κ1) is 41.9. The van der Waals surface area contributed by atoms with E-state index in [4.69, 9.17) is 9.84 Å². The van der Waals surface area contributed by atoms with Crippen LogP contribution in [0.15, 0.2) is 0 Å². The van der Waals surface area contributed by atoms with Gasteiger partial charge < -0.3 is 9.84 Å². The number of carboxylic acids is 1. The van der Waals surface area contributed by atoms with Crippen LogP contribution in [0.1, 0.15) is 232 Å². The molecule has 256 valence electrons. The molecule has 0 rings (SSSR count). The summed E-state index contributed by atoms with van der Waals surface area (Å²) in [6, 6.07) is 0. The average molecular weight is 609 g/mol. The number of carboxylic acid groups (broad SMARTS) is 1. The Labute approximate surface area is 269 Å². The van der Waals surface area contributed by atoms with Gasteiger partial charge in [-0.25, -0.2) is 0 Å². The number of unbranched alkanes of at least 4 members (excludes halogenated alkanes) is 29. The molecule has 0 heterocycles. The SMILES string of the molecule is CCCCCCCCCCCCCCC(=O)OC(C)CCCCCCCCCCCCCCCCCCCCCC(=O)O. The van der Waals surface area contributed by atoms with Gasteiger partial charge in [-0.05, 0) is 32.6 Å². The molecule has 4 heteroatoms. The molecule has 1 N–H and O–H groups in total. The largest absolute Gasteiger partial charge is 0.481 e. The van der Waals surface area contributed by atoms with E-state index in [0.717, 1.165) is 25.7 Å². The second-order valence-electron chi connectivity index (χ2n) is 13.6. The van der Waals surface area contributed by atoms with Crippen molar-refractivity contribution in [2.75, 3.05) is 0 Å². The number of carbonyl (C=O) groups is 2. The summed E-state index contributed by atoms with van der Waals surface area (Å²) in [6.07, 6.45) is 42.6. The highest BCUT2D eigenvalue weighted by molar-refractivity contribution is 5.69. The number of esters is 1. The summed E-state index contributed by atoms with van der Waals surface area (Å²) in [4.78, 5) is 22.6. The van der Waals surface area contributed by atoms with Gasteiger partial charge in [-0.1, -0.05) is 187 Å². The van der Waals surface area contributed by atoms with Crippen LogP contribution in [0.2, 0.25) is 0 Å². The Morgan fingerprint density at radius 1 is 0.442 bits per heavy atom. The topological polar surface area (TPSA) is 63.6 Å². The molecule has 0 fully saturated rings. The number of hydrogen-bond donors (Lipinski definition) is 1. The Morgan fingerprint density at radius 3 is 1.05 bits per heavy atom. The Morgan fingerprint density at radius 2 is 0.721 bits per heavy atom. The van der Waals surface area contributed by atoms with E-state index >= 15 is 0 Å².